The van der Waals surface area contributed by atoms with Gasteiger partial charge in [0, 0.05) is 54.5 Å². The molecule has 3 heterocycles. The van der Waals surface area contributed by atoms with Gasteiger partial charge in [-0.2, -0.15) is 0 Å². The maximum atomic E-state index is 11.9. The fourth-order valence-corrected chi connectivity index (χ4v) is 4.00. The molecule has 0 unspecified atom stereocenters. The van der Waals surface area contributed by atoms with Crippen molar-refractivity contribution in [2.45, 2.75) is 0 Å². The van der Waals surface area contributed by atoms with Gasteiger partial charge in [0.1, 0.15) is 5.82 Å². The molecule has 0 saturated heterocycles. The van der Waals surface area contributed by atoms with E-state index in [0.717, 1.165) is 0 Å². The van der Waals surface area contributed by atoms with Crippen LogP contribution >= 0.6 is 8.37 Å². The minimum absolute atomic E-state index is 0. The first-order valence-electron chi connectivity index (χ1n) is 7.66. The van der Waals surface area contributed by atoms with E-state index in [2.05, 4.69) is 99.9 Å². The molecule has 142 valence electrons. The largest absolute Gasteiger partial charge is 0.299 e. The molecule has 1 aromatic carbocycles. The summed E-state index contributed by atoms with van der Waals surface area (Å²) in [7, 11) is -0.585. The topological polar surface area (TPSA) is 54.6 Å². The van der Waals surface area contributed by atoms with Gasteiger partial charge < -0.3 is 0 Å². The van der Waals surface area contributed by atoms with Crippen LogP contribution in [0.25, 0.3) is 0 Å². The van der Waals surface area contributed by atoms with Crippen LogP contribution in [0, 0.1) is 19.1 Å². The summed E-state index contributed by atoms with van der Waals surface area (Å²) in [6.07, 6.45) is 12.6. The van der Waals surface area contributed by atoms with Gasteiger partial charge in [0.2, 0.25) is 8.37 Å². The Balaban J connectivity index is 0.000000516. The molecular weight excluding hydrogens is 416 g/mol. The van der Waals surface area contributed by atoms with Gasteiger partial charge in [-0.3, -0.25) is 13.0 Å². The molecule has 0 N–H and O–H groups in total. The number of hydrogen-bond donors (Lipinski definition) is 0. The molecule has 0 radical (unpaired) electrons. The van der Waals surface area contributed by atoms with Gasteiger partial charge in [0.15, 0.2) is 0 Å². The minimum atomic E-state index is -0.585. The number of nitrogens with zero attached hydrogens (tertiary/aromatic N) is 3. The maximum Gasteiger partial charge on any atom is 0.219 e. The van der Waals surface area contributed by atoms with Crippen molar-refractivity contribution < 1.29 is 31.1 Å². The molecule has 5 nitrogen and oxygen atoms in total. The van der Waals surface area contributed by atoms with Crippen LogP contribution in [0.15, 0.2) is 104 Å². The predicted octanol–water partition coefficient (Wildman–Crippen LogP) is 5.01. The molecule has 0 saturated carbocycles. The molecule has 0 atom stereocenters. The molecule has 3 aromatic heterocycles. The molecule has 0 amide bonds. The maximum absolute atomic E-state index is 11.9. The summed E-state index contributed by atoms with van der Waals surface area (Å²) in [6.45, 7) is 9.00. The molecule has 0 fully saturated rings. The number of hydrogen-bond acceptors (Lipinski definition) is 0. The van der Waals surface area contributed by atoms with Crippen LogP contribution < -0.4 is 0 Å². The van der Waals surface area contributed by atoms with Crippen LogP contribution in [0.2, 0.25) is 0 Å². The number of halogens is 1. The Morgan fingerprint density at radius 2 is 0.857 bits per heavy atom. The van der Waals surface area contributed by atoms with Gasteiger partial charge >= 0.3 is 22.6 Å². The molecule has 4 aromatic rings. The van der Waals surface area contributed by atoms with Crippen molar-refractivity contribution in [3.63, 3.8) is 0 Å². The monoisotopic (exact) mass is 433 g/mol. The Kier molecular flexibility index (Phi) is 14.1. The van der Waals surface area contributed by atoms with Crippen LogP contribution in [-0.2, 0) is 26.7 Å². The zero-order valence-corrected chi connectivity index (χ0v) is 16.9. The number of benzene rings is 1. The first kappa shape index (κ1) is 25.4. The van der Waals surface area contributed by atoms with Crippen LogP contribution in [0.5, 0.6) is 0 Å². The van der Waals surface area contributed by atoms with Crippen LogP contribution in [0.3, 0.4) is 0 Å². The first-order chi connectivity index (χ1) is 13.3. The van der Waals surface area contributed by atoms with E-state index in [9.17, 15) is 4.39 Å². The first-order valence-corrected chi connectivity index (χ1v) is 8.86. The van der Waals surface area contributed by atoms with E-state index in [-0.39, 0.29) is 23.2 Å². The van der Waals surface area contributed by atoms with Gasteiger partial charge in [-0.05, 0) is 48.5 Å². The van der Waals surface area contributed by atoms with E-state index in [1.54, 1.807) is 18.2 Å². The van der Waals surface area contributed by atoms with E-state index < -0.39 is 8.37 Å². The van der Waals surface area contributed by atoms with Crippen molar-refractivity contribution >= 4 is 8.37 Å². The normalized spacial score (nSPS) is 8.64. The summed E-state index contributed by atoms with van der Waals surface area (Å²) < 4.78 is 33.6. The standard InChI is InChI=1S/C12H12N3P.C6H5F.2CO.Cr/c1-2-8-13(7-1)16(14-9-3-4-10-14)15-11-5-6-12-15;7-6-4-2-1-3-5-6;2*1-2;/h1-12H;1-5H;;;. The molecule has 0 spiro atoms. The summed E-state index contributed by atoms with van der Waals surface area (Å²) in [5.74, 6) is -0.178. The predicted molar refractivity (Wildman–Crippen MR) is 101 cm³/mol. The number of rotatable bonds is 3. The number of aromatic nitrogens is 3. The van der Waals surface area contributed by atoms with E-state index in [1.165, 1.54) is 12.1 Å². The molecule has 8 heteroatoms. The third-order valence-electron chi connectivity index (χ3n) is 3.12. The molecule has 0 aliphatic heterocycles. The van der Waals surface area contributed by atoms with Crippen molar-refractivity contribution in [1.29, 1.82) is 0 Å². The van der Waals surface area contributed by atoms with E-state index in [0.29, 0.717) is 0 Å². The van der Waals surface area contributed by atoms with Crippen molar-refractivity contribution in [1.82, 2.24) is 13.0 Å². The quantitative estimate of drug-likeness (QED) is 0.248. The van der Waals surface area contributed by atoms with Gasteiger partial charge in [-0.15, -0.1) is 0 Å². The molecule has 4 rings (SSSR count). The smallest absolute Gasteiger partial charge is 0.219 e. The van der Waals surface area contributed by atoms with E-state index >= 15 is 0 Å². The zero-order chi connectivity index (χ0) is 19.9. The Bertz CT molecular complexity index is 790. The minimum Gasteiger partial charge on any atom is -0.299 e. The van der Waals surface area contributed by atoms with Gasteiger partial charge in [0.25, 0.3) is 0 Å². The summed E-state index contributed by atoms with van der Waals surface area (Å²) in [4.78, 5) is 0. The molecular formula is C20H17CrFN3O2P. The molecule has 0 aliphatic rings. The second-order valence-corrected chi connectivity index (χ2v) is 6.68. The average Bonchev–Trinajstić information content (AvgIpc) is 3.51. The third kappa shape index (κ3) is 7.98. The SMILES string of the molecule is Fc1ccccc1.[C-]#[O+].[C-]#[O+].[Cr].c1ccn(P(n2cccc2)n2cccc2)c1. The Hall–Kier alpha value is -2.57. The van der Waals surface area contributed by atoms with Crippen LogP contribution in [-0.4, -0.2) is 13.0 Å². The van der Waals surface area contributed by atoms with Crippen molar-refractivity contribution in [2.24, 2.45) is 0 Å². The Labute approximate surface area is 175 Å². The van der Waals surface area contributed by atoms with Gasteiger partial charge in [0.05, 0.1) is 0 Å². The summed E-state index contributed by atoms with van der Waals surface area (Å²) >= 11 is 0. The Morgan fingerprint density at radius 1 is 0.571 bits per heavy atom. The fraction of sp³-hybridized carbons (Fsp3) is 0. The van der Waals surface area contributed by atoms with E-state index in [1.807, 2.05) is 0 Å². The van der Waals surface area contributed by atoms with Gasteiger partial charge in [-0.25, -0.2) is 4.39 Å². The van der Waals surface area contributed by atoms with Crippen molar-refractivity contribution in [2.75, 3.05) is 0 Å². The molecule has 28 heavy (non-hydrogen) atoms. The molecule has 0 aliphatic carbocycles. The van der Waals surface area contributed by atoms with Gasteiger partial charge in [-0.1, -0.05) is 18.2 Å². The van der Waals surface area contributed by atoms with Crippen molar-refractivity contribution in [3.05, 3.63) is 123 Å². The van der Waals surface area contributed by atoms with Crippen molar-refractivity contribution in [3.8, 4) is 0 Å². The Morgan fingerprint density at radius 3 is 1.07 bits per heavy atom. The second-order valence-electron chi connectivity index (χ2n) is 4.75. The third-order valence-corrected chi connectivity index (χ3v) is 5.16. The summed E-state index contributed by atoms with van der Waals surface area (Å²) in [6, 6.07) is 20.3. The summed E-state index contributed by atoms with van der Waals surface area (Å²) in [5.41, 5.74) is 0. The zero-order valence-electron chi connectivity index (χ0n) is 14.7. The molecule has 0 bridgehead atoms. The fourth-order valence-electron chi connectivity index (χ4n) is 2.11. The van der Waals surface area contributed by atoms with Crippen LogP contribution in [0.1, 0.15) is 0 Å². The average molecular weight is 433 g/mol. The second kappa shape index (κ2) is 15.5. The van der Waals surface area contributed by atoms with Crippen LogP contribution in [0.4, 0.5) is 4.39 Å². The summed E-state index contributed by atoms with van der Waals surface area (Å²) in [5, 5.41) is 0. The van der Waals surface area contributed by atoms with E-state index in [4.69, 9.17) is 9.30 Å².